The van der Waals surface area contributed by atoms with Crippen LogP contribution in [0.1, 0.15) is 24.2 Å². The van der Waals surface area contributed by atoms with Gasteiger partial charge >= 0.3 is 5.97 Å². The molecule has 1 amide bonds. The van der Waals surface area contributed by atoms with Crippen LogP contribution in [0.4, 0.5) is 14.5 Å². The number of carboxylic acid groups (broad SMARTS) is 1. The number of nitro benzene ring substituents is 1. The third-order valence-corrected chi connectivity index (χ3v) is 2.98. The Balaban J connectivity index is 3.10. The Labute approximate surface area is 117 Å². The van der Waals surface area contributed by atoms with Gasteiger partial charge in [0.25, 0.3) is 11.6 Å². The molecule has 0 bridgehead atoms. The summed E-state index contributed by atoms with van der Waals surface area (Å²) in [6, 6.07) is -0.154. The third-order valence-electron chi connectivity index (χ3n) is 2.98. The number of benzene rings is 1. The minimum absolute atomic E-state index is 0.301. The number of nitrogens with one attached hydrogen (secondary N) is 1. The first-order valence-corrected chi connectivity index (χ1v) is 5.82. The predicted octanol–water partition coefficient (Wildman–Crippen LogP) is 1.71. The van der Waals surface area contributed by atoms with Gasteiger partial charge in [-0.3, -0.25) is 19.7 Å². The van der Waals surface area contributed by atoms with E-state index in [1.807, 2.05) is 0 Å². The summed E-state index contributed by atoms with van der Waals surface area (Å²) in [5, 5.41) is 21.8. The Morgan fingerprint density at radius 2 is 1.81 bits per heavy atom. The minimum atomic E-state index is -1.45. The van der Waals surface area contributed by atoms with Crippen molar-refractivity contribution in [1.82, 2.24) is 5.32 Å². The highest BCUT2D eigenvalue weighted by atomic mass is 19.2. The molecule has 0 radical (unpaired) electrons. The summed E-state index contributed by atoms with van der Waals surface area (Å²) in [6.07, 6.45) is 0. The molecule has 0 aliphatic rings. The molecule has 0 spiro atoms. The van der Waals surface area contributed by atoms with E-state index in [9.17, 15) is 28.5 Å². The van der Waals surface area contributed by atoms with Crippen LogP contribution < -0.4 is 5.32 Å². The molecule has 0 aliphatic carbocycles. The fourth-order valence-electron chi connectivity index (χ4n) is 1.49. The normalized spacial score (nSPS) is 13.3. The Bertz CT molecular complexity index is 606. The summed E-state index contributed by atoms with van der Waals surface area (Å²) in [6.45, 7) is 2.70. The summed E-state index contributed by atoms with van der Waals surface area (Å²) >= 11 is 0. The van der Waals surface area contributed by atoms with Crippen LogP contribution in [0.25, 0.3) is 0 Å². The second-order valence-corrected chi connectivity index (χ2v) is 4.43. The Hall–Kier alpha value is -2.58. The SMILES string of the molecule is CC(NC(=O)c1cc(F)c(F)cc1[N+](=O)[O-])C(C)C(=O)O. The Morgan fingerprint density at radius 3 is 2.29 bits per heavy atom. The van der Waals surface area contributed by atoms with E-state index in [-0.39, 0.29) is 0 Å². The van der Waals surface area contributed by atoms with Crippen LogP contribution in [0.2, 0.25) is 0 Å². The van der Waals surface area contributed by atoms with Crippen molar-refractivity contribution >= 4 is 17.6 Å². The number of halogens is 2. The number of carbonyl (C=O) groups excluding carboxylic acids is 1. The van der Waals surface area contributed by atoms with Crippen LogP contribution >= 0.6 is 0 Å². The fourth-order valence-corrected chi connectivity index (χ4v) is 1.49. The fraction of sp³-hybridized carbons (Fsp3) is 0.333. The van der Waals surface area contributed by atoms with Crippen molar-refractivity contribution in [1.29, 1.82) is 0 Å². The number of hydrogen-bond acceptors (Lipinski definition) is 4. The Kier molecular flexibility index (Phi) is 4.90. The zero-order valence-electron chi connectivity index (χ0n) is 11.1. The van der Waals surface area contributed by atoms with Crippen molar-refractivity contribution < 1.29 is 28.4 Å². The van der Waals surface area contributed by atoms with E-state index >= 15 is 0 Å². The van der Waals surface area contributed by atoms with E-state index in [1.54, 1.807) is 0 Å². The number of nitrogens with zero attached hydrogens (tertiary/aromatic N) is 1. The number of carbonyl (C=O) groups is 2. The number of hydrogen-bond donors (Lipinski definition) is 2. The minimum Gasteiger partial charge on any atom is -0.481 e. The molecule has 0 aliphatic heterocycles. The second-order valence-electron chi connectivity index (χ2n) is 4.43. The zero-order chi connectivity index (χ0) is 16.3. The van der Waals surface area contributed by atoms with Gasteiger partial charge in [0.2, 0.25) is 0 Å². The molecule has 0 saturated heterocycles. The van der Waals surface area contributed by atoms with Crippen LogP contribution in [0.15, 0.2) is 12.1 Å². The largest absolute Gasteiger partial charge is 0.481 e. The average molecular weight is 302 g/mol. The van der Waals surface area contributed by atoms with Crippen LogP contribution in [0, 0.1) is 27.7 Å². The van der Waals surface area contributed by atoms with Gasteiger partial charge < -0.3 is 10.4 Å². The molecular formula is C12H12F2N2O5. The van der Waals surface area contributed by atoms with Crippen LogP contribution in [0.5, 0.6) is 0 Å². The smallest absolute Gasteiger partial charge is 0.308 e. The number of nitro groups is 1. The first kappa shape index (κ1) is 16.5. The molecule has 9 heteroatoms. The lowest BCUT2D eigenvalue weighted by molar-refractivity contribution is -0.385. The quantitative estimate of drug-likeness (QED) is 0.635. The third kappa shape index (κ3) is 3.71. The van der Waals surface area contributed by atoms with Crippen molar-refractivity contribution in [3.8, 4) is 0 Å². The second kappa shape index (κ2) is 6.25. The average Bonchev–Trinajstić information content (AvgIpc) is 2.39. The number of rotatable bonds is 5. The highest BCUT2D eigenvalue weighted by Crippen LogP contribution is 2.22. The topological polar surface area (TPSA) is 110 Å². The van der Waals surface area contributed by atoms with Crippen LogP contribution in [-0.4, -0.2) is 27.9 Å². The molecule has 7 nitrogen and oxygen atoms in total. The van der Waals surface area contributed by atoms with E-state index in [0.29, 0.717) is 12.1 Å². The van der Waals surface area contributed by atoms with Gasteiger partial charge in [0.05, 0.1) is 16.9 Å². The first-order valence-electron chi connectivity index (χ1n) is 5.82. The first-order chi connectivity index (χ1) is 9.65. The lowest BCUT2D eigenvalue weighted by atomic mass is 10.0. The van der Waals surface area contributed by atoms with Gasteiger partial charge in [-0.2, -0.15) is 0 Å². The monoisotopic (exact) mass is 302 g/mol. The summed E-state index contributed by atoms with van der Waals surface area (Å²) in [5.74, 6) is -6.06. The van der Waals surface area contributed by atoms with E-state index in [0.717, 1.165) is 0 Å². The molecule has 1 rings (SSSR count). The zero-order valence-corrected chi connectivity index (χ0v) is 11.1. The molecule has 0 heterocycles. The molecule has 2 N–H and O–H groups in total. The maximum atomic E-state index is 13.1. The predicted molar refractivity (Wildman–Crippen MR) is 66.7 cm³/mol. The lowest BCUT2D eigenvalue weighted by Crippen LogP contribution is -2.40. The highest BCUT2D eigenvalue weighted by Gasteiger charge is 2.27. The van der Waals surface area contributed by atoms with Gasteiger partial charge in [0.15, 0.2) is 11.6 Å². The lowest BCUT2D eigenvalue weighted by Gasteiger charge is -2.17. The molecule has 0 saturated carbocycles. The molecule has 0 aromatic heterocycles. The van der Waals surface area contributed by atoms with Gasteiger partial charge in [0, 0.05) is 6.04 Å². The summed E-state index contributed by atoms with van der Waals surface area (Å²) in [4.78, 5) is 32.4. The van der Waals surface area contributed by atoms with Crippen LogP contribution in [-0.2, 0) is 4.79 Å². The highest BCUT2D eigenvalue weighted by molar-refractivity contribution is 5.98. The molecule has 1 aromatic carbocycles. The number of aliphatic carboxylic acids is 1. The summed E-state index contributed by atoms with van der Waals surface area (Å²) in [7, 11) is 0. The molecule has 114 valence electrons. The maximum absolute atomic E-state index is 13.1. The molecule has 2 unspecified atom stereocenters. The molecule has 0 fully saturated rings. The van der Waals surface area contributed by atoms with E-state index in [4.69, 9.17) is 5.11 Å². The Morgan fingerprint density at radius 1 is 1.29 bits per heavy atom. The molecular weight excluding hydrogens is 290 g/mol. The van der Waals surface area contributed by atoms with Gasteiger partial charge in [-0.1, -0.05) is 0 Å². The molecule has 2 atom stereocenters. The number of carboxylic acids is 1. The van der Waals surface area contributed by atoms with Gasteiger partial charge in [-0.25, -0.2) is 8.78 Å². The molecule has 21 heavy (non-hydrogen) atoms. The van der Waals surface area contributed by atoms with Crippen molar-refractivity contribution in [3.05, 3.63) is 39.4 Å². The van der Waals surface area contributed by atoms with Gasteiger partial charge in [-0.05, 0) is 19.9 Å². The van der Waals surface area contributed by atoms with Crippen molar-refractivity contribution in [2.75, 3.05) is 0 Å². The van der Waals surface area contributed by atoms with Crippen molar-refractivity contribution in [2.45, 2.75) is 19.9 Å². The van der Waals surface area contributed by atoms with Gasteiger partial charge in [0.1, 0.15) is 5.56 Å². The van der Waals surface area contributed by atoms with E-state index in [2.05, 4.69) is 5.32 Å². The maximum Gasteiger partial charge on any atom is 0.308 e. The van der Waals surface area contributed by atoms with Crippen molar-refractivity contribution in [3.63, 3.8) is 0 Å². The summed E-state index contributed by atoms with van der Waals surface area (Å²) in [5.41, 5.74) is -1.58. The van der Waals surface area contributed by atoms with E-state index in [1.165, 1.54) is 13.8 Å². The molecule has 1 aromatic rings. The van der Waals surface area contributed by atoms with Crippen LogP contribution in [0.3, 0.4) is 0 Å². The van der Waals surface area contributed by atoms with Gasteiger partial charge in [-0.15, -0.1) is 0 Å². The standard InChI is InChI=1S/C12H12F2N2O5/c1-5(12(18)19)6(2)15-11(17)7-3-8(13)9(14)4-10(7)16(20)21/h3-6H,1-2H3,(H,15,17)(H,18,19). The van der Waals surface area contributed by atoms with Crippen molar-refractivity contribution in [2.24, 2.45) is 5.92 Å². The van der Waals surface area contributed by atoms with E-state index < -0.39 is 51.6 Å². The number of amides is 1. The summed E-state index contributed by atoms with van der Waals surface area (Å²) < 4.78 is 26.1.